The summed E-state index contributed by atoms with van der Waals surface area (Å²) in [6.45, 7) is 0.473. The van der Waals surface area contributed by atoms with Gasteiger partial charge in [0.1, 0.15) is 23.6 Å². The minimum Gasteiger partial charge on any atom is -0.482 e. The first kappa shape index (κ1) is 25.6. The third-order valence-corrected chi connectivity index (χ3v) is 8.08. The average molecular weight is 528 g/mol. The minimum atomic E-state index is -0.376. The molecule has 0 radical (unpaired) electrons. The summed E-state index contributed by atoms with van der Waals surface area (Å²) in [6, 6.07) is 6.60. The zero-order chi connectivity index (χ0) is 26.8. The summed E-state index contributed by atoms with van der Waals surface area (Å²) in [7, 11) is 1.45. The van der Waals surface area contributed by atoms with Gasteiger partial charge in [0.25, 0.3) is 11.8 Å². The topological polar surface area (TPSA) is 149 Å². The van der Waals surface area contributed by atoms with Gasteiger partial charge in [0.05, 0.1) is 24.6 Å². The smallest absolute Gasteiger partial charge is 0.311 e. The summed E-state index contributed by atoms with van der Waals surface area (Å²) >= 11 is 0. The van der Waals surface area contributed by atoms with Gasteiger partial charge >= 0.3 is 5.97 Å². The van der Waals surface area contributed by atoms with E-state index in [0.29, 0.717) is 23.5 Å². The molecule has 3 amide bonds. The molecule has 3 fully saturated rings. The number of ether oxygens (including phenoxy) is 2. The molecular formula is C27H37N5O6. The van der Waals surface area contributed by atoms with Crippen molar-refractivity contribution in [3.63, 3.8) is 0 Å². The van der Waals surface area contributed by atoms with Gasteiger partial charge in [-0.2, -0.15) is 0 Å². The van der Waals surface area contributed by atoms with Crippen LogP contribution in [0.4, 0.5) is 11.5 Å². The van der Waals surface area contributed by atoms with E-state index in [9.17, 15) is 19.2 Å². The standard InChI is InChI=1S/C27H31N5O6.3H2/c1-37-25(36)27-6-2-5-26(7-9-27,8-10-27)15-28-24(35)19-13-21(30-16-29-19)32-22(33)12-17-3-4-20-18(11-17)31-23(34)14-38-20;;;/h3-4,11,13,16H,2,5-10,12,14-15H2,1H3,(H,28,35)(H,31,34)(H,29,30,32,33);3*1H. The van der Waals surface area contributed by atoms with Crippen LogP contribution in [0, 0.1) is 10.8 Å². The first-order chi connectivity index (χ1) is 18.3. The molecule has 0 unspecified atom stereocenters. The second-order valence-electron chi connectivity index (χ2n) is 10.5. The number of carbonyl (C=O) groups is 4. The van der Waals surface area contributed by atoms with Gasteiger partial charge < -0.3 is 25.4 Å². The Kier molecular flexibility index (Phi) is 7.00. The van der Waals surface area contributed by atoms with Crippen LogP contribution in [0.5, 0.6) is 5.75 Å². The van der Waals surface area contributed by atoms with Crippen molar-refractivity contribution in [1.29, 1.82) is 0 Å². The van der Waals surface area contributed by atoms with Crippen LogP contribution in [0.2, 0.25) is 0 Å². The highest BCUT2D eigenvalue weighted by Gasteiger charge is 2.50. The Morgan fingerprint density at radius 1 is 1.11 bits per heavy atom. The van der Waals surface area contributed by atoms with Crippen LogP contribution < -0.4 is 20.7 Å². The molecule has 2 aromatic rings. The second kappa shape index (κ2) is 10.4. The van der Waals surface area contributed by atoms with Crippen LogP contribution in [0.25, 0.3) is 0 Å². The van der Waals surface area contributed by atoms with Gasteiger partial charge in [0.2, 0.25) is 5.91 Å². The first-order valence-corrected chi connectivity index (χ1v) is 12.8. The minimum absolute atomic E-state index is 0. The van der Waals surface area contributed by atoms with Gasteiger partial charge in [0.15, 0.2) is 6.61 Å². The lowest BCUT2D eigenvalue weighted by molar-refractivity contribution is -0.156. The Hall–Kier alpha value is -4.02. The molecule has 0 saturated heterocycles. The number of fused-ring (bicyclic) bond motifs is 5. The molecule has 2 bridgehead atoms. The van der Waals surface area contributed by atoms with E-state index in [1.807, 2.05) is 0 Å². The number of hydrogen-bond donors (Lipinski definition) is 3. The SMILES string of the molecule is COC(=O)C12CCCC(CNC(=O)c3cc(NC(=O)Cc4ccc5c(c4)NC(=O)CO5)ncn3)(CC1)CC2.[HH].[HH].[HH]. The summed E-state index contributed by atoms with van der Waals surface area (Å²) in [5.74, 6) is -0.247. The van der Waals surface area contributed by atoms with Crippen molar-refractivity contribution >= 4 is 35.2 Å². The molecule has 11 nitrogen and oxygen atoms in total. The molecule has 1 aliphatic heterocycles. The molecule has 1 aromatic carbocycles. The van der Waals surface area contributed by atoms with Crippen molar-refractivity contribution in [2.75, 3.05) is 30.9 Å². The fourth-order valence-electron chi connectivity index (χ4n) is 5.87. The van der Waals surface area contributed by atoms with Crippen LogP contribution in [-0.4, -0.2) is 53.9 Å². The molecule has 206 valence electrons. The molecule has 3 aliphatic carbocycles. The number of aromatic nitrogens is 2. The van der Waals surface area contributed by atoms with Gasteiger partial charge in [-0.1, -0.05) is 12.5 Å². The molecule has 3 N–H and O–H groups in total. The molecule has 11 heteroatoms. The highest BCUT2D eigenvalue weighted by molar-refractivity contribution is 5.97. The monoisotopic (exact) mass is 527 g/mol. The molecule has 2 heterocycles. The van der Waals surface area contributed by atoms with Crippen LogP contribution >= 0.6 is 0 Å². The maximum Gasteiger partial charge on any atom is 0.311 e. The summed E-state index contributed by atoms with van der Waals surface area (Å²) in [6.07, 6.45) is 7.30. The zero-order valence-corrected chi connectivity index (χ0v) is 21.3. The highest BCUT2D eigenvalue weighted by atomic mass is 16.5. The molecular weight excluding hydrogens is 490 g/mol. The fraction of sp³-hybridized carbons (Fsp3) is 0.481. The van der Waals surface area contributed by atoms with Crippen LogP contribution in [0.1, 0.15) is 65.3 Å². The largest absolute Gasteiger partial charge is 0.482 e. The zero-order valence-electron chi connectivity index (χ0n) is 21.3. The van der Waals surface area contributed by atoms with E-state index in [2.05, 4.69) is 25.9 Å². The van der Waals surface area contributed by atoms with Crippen LogP contribution in [0.15, 0.2) is 30.6 Å². The summed E-state index contributed by atoms with van der Waals surface area (Å²) in [5, 5.41) is 8.44. The quantitative estimate of drug-likeness (QED) is 0.464. The number of amides is 3. The predicted octanol–water partition coefficient (Wildman–Crippen LogP) is 3.36. The van der Waals surface area contributed by atoms with E-state index in [1.54, 1.807) is 18.2 Å². The number of methoxy groups -OCH3 is 1. The summed E-state index contributed by atoms with van der Waals surface area (Å²) < 4.78 is 10.4. The van der Waals surface area contributed by atoms with Crippen molar-refractivity contribution in [2.24, 2.45) is 10.8 Å². The number of anilines is 2. The normalized spacial score (nSPS) is 23.8. The van der Waals surface area contributed by atoms with E-state index in [4.69, 9.17) is 9.47 Å². The number of nitrogens with zero attached hydrogens (tertiary/aromatic N) is 2. The molecule has 0 spiro atoms. The molecule has 4 aliphatic rings. The van der Waals surface area contributed by atoms with Gasteiger partial charge in [0, 0.05) is 16.9 Å². The Morgan fingerprint density at radius 2 is 1.92 bits per heavy atom. The highest BCUT2D eigenvalue weighted by Crippen LogP contribution is 2.54. The summed E-state index contributed by atoms with van der Waals surface area (Å²) in [5.41, 5.74) is 0.959. The number of carbonyl (C=O) groups excluding carboxylic acids is 4. The maximum atomic E-state index is 12.9. The van der Waals surface area contributed by atoms with Crippen molar-refractivity contribution < 1.29 is 32.9 Å². The van der Waals surface area contributed by atoms with Crippen molar-refractivity contribution in [3.05, 3.63) is 41.9 Å². The maximum absolute atomic E-state index is 12.9. The van der Waals surface area contributed by atoms with Crippen LogP contribution in [-0.2, 0) is 25.5 Å². The van der Waals surface area contributed by atoms with Crippen molar-refractivity contribution in [1.82, 2.24) is 15.3 Å². The number of benzene rings is 1. The Bertz CT molecular complexity index is 1290. The van der Waals surface area contributed by atoms with Gasteiger partial charge in [-0.25, -0.2) is 9.97 Å². The van der Waals surface area contributed by atoms with Gasteiger partial charge in [-0.15, -0.1) is 0 Å². The fourth-order valence-corrected chi connectivity index (χ4v) is 5.87. The number of hydrogen-bond acceptors (Lipinski definition) is 8. The molecule has 3 saturated carbocycles. The lowest BCUT2D eigenvalue weighted by Gasteiger charge is -2.41. The molecule has 1 aromatic heterocycles. The lowest BCUT2D eigenvalue weighted by Crippen LogP contribution is -2.43. The number of rotatable bonds is 7. The molecule has 0 atom stereocenters. The van der Waals surface area contributed by atoms with E-state index >= 15 is 0 Å². The third-order valence-electron chi connectivity index (χ3n) is 8.08. The Balaban J connectivity index is 0.00000196. The van der Waals surface area contributed by atoms with E-state index in [-0.39, 0.29) is 63.3 Å². The van der Waals surface area contributed by atoms with Crippen LogP contribution in [0.3, 0.4) is 0 Å². The predicted molar refractivity (Wildman–Crippen MR) is 143 cm³/mol. The van der Waals surface area contributed by atoms with Crippen molar-refractivity contribution in [2.45, 2.75) is 51.4 Å². The first-order valence-electron chi connectivity index (χ1n) is 12.8. The Labute approximate surface area is 224 Å². The third kappa shape index (κ3) is 5.32. The van der Waals surface area contributed by atoms with Gasteiger partial charge in [-0.05, 0) is 61.6 Å². The lowest BCUT2D eigenvalue weighted by atomic mass is 9.65. The van der Waals surface area contributed by atoms with E-state index in [1.165, 1.54) is 19.5 Å². The molecule has 38 heavy (non-hydrogen) atoms. The van der Waals surface area contributed by atoms with E-state index < -0.39 is 0 Å². The Morgan fingerprint density at radius 3 is 2.71 bits per heavy atom. The number of nitrogens with one attached hydrogen (secondary N) is 3. The number of esters is 1. The van der Waals surface area contributed by atoms with Crippen molar-refractivity contribution in [3.8, 4) is 5.75 Å². The second-order valence-corrected chi connectivity index (χ2v) is 10.5. The van der Waals surface area contributed by atoms with E-state index in [0.717, 1.165) is 44.9 Å². The molecule has 6 rings (SSSR count). The van der Waals surface area contributed by atoms with Gasteiger partial charge in [-0.3, -0.25) is 19.2 Å². The average Bonchev–Trinajstić information content (AvgIpc) is 3.23. The summed E-state index contributed by atoms with van der Waals surface area (Å²) in [4.78, 5) is 57.6.